The fourth-order valence-corrected chi connectivity index (χ4v) is 4.95. The Bertz CT molecular complexity index is 692. The van der Waals surface area contributed by atoms with E-state index in [4.69, 9.17) is 0 Å². The van der Waals surface area contributed by atoms with Crippen LogP contribution in [0.1, 0.15) is 38.2 Å². The van der Waals surface area contributed by atoms with E-state index in [0.29, 0.717) is 16.0 Å². The Morgan fingerprint density at radius 1 is 1.39 bits per heavy atom. The summed E-state index contributed by atoms with van der Waals surface area (Å²) in [4.78, 5) is 12.3. The first-order chi connectivity index (χ1) is 10.9. The van der Waals surface area contributed by atoms with Crippen molar-refractivity contribution in [1.29, 1.82) is 0 Å². The molecule has 3 N–H and O–H groups in total. The first-order valence-corrected chi connectivity index (χ1v) is 9.17. The Balaban J connectivity index is 1.67. The molecule has 1 amide bonds. The number of hydrogen-bond acceptors (Lipinski definition) is 4. The third-order valence-corrected chi connectivity index (χ3v) is 6.55. The van der Waals surface area contributed by atoms with Crippen LogP contribution >= 0.6 is 31.9 Å². The van der Waals surface area contributed by atoms with E-state index in [-0.39, 0.29) is 33.2 Å². The van der Waals surface area contributed by atoms with E-state index in [9.17, 15) is 15.0 Å². The van der Waals surface area contributed by atoms with Gasteiger partial charge in [0.15, 0.2) is 0 Å². The van der Waals surface area contributed by atoms with Crippen molar-refractivity contribution in [3.63, 3.8) is 0 Å². The average Bonchev–Trinajstić information content (AvgIpc) is 3.15. The molecule has 7 heteroatoms. The van der Waals surface area contributed by atoms with Crippen molar-refractivity contribution in [2.24, 2.45) is 22.4 Å². The summed E-state index contributed by atoms with van der Waals surface area (Å²) in [6, 6.07) is 1.53. The SMILES string of the molecule is C[C@]12CCCC[C@H]1[C@H]2C(=O)N/N=C\c1cc(Br)c(O)c(Br)c1O. The highest BCUT2D eigenvalue weighted by Gasteiger charge is 2.64. The molecule has 1 aromatic rings. The number of carbonyl (C=O) groups is 1. The molecule has 0 unspecified atom stereocenters. The third kappa shape index (κ3) is 2.89. The Morgan fingerprint density at radius 3 is 2.78 bits per heavy atom. The van der Waals surface area contributed by atoms with Gasteiger partial charge in [-0.05, 0) is 62.1 Å². The Morgan fingerprint density at radius 2 is 2.13 bits per heavy atom. The van der Waals surface area contributed by atoms with Crippen LogP contribution in [0, 0.1) is 17.3 Å². The lowest BCUT2D eigenvalue weighted by molar-refractivity contribution is -0.123. The maximum absolute atomic E-state index is 12.3. The number of halogens is 2. The number of hydrazone groups is 1. The number of amides is 1. The van der Waals surface area contributed by atoms with Gasteiger partial charge >= 0.3 is 0 Å². The van der Waals surface area contributed by atoms with E-state index < -0.39 is 0 Å². The lowest BCUT2D eigenvalue weighted by atomic mass is 9.90. The minimum atomic E-state index is -0.129. The molecule has 0 saturated heterocycles. The third-order valence-electron chi connectivity index (χ3n) is 5.19. The molecule has 2 fully saturated rings. The predicted octanol–water partition coefficient (Wildman–Crippen LogP) is 3.90. The maximum atomic E-state index is 12.3. The maximum Gasteiger partial charge on any atom is 0.244 e. The van der Waals surface area contributed by atoms with E-state index in [0.717, 1.165) is 12.8 Å². The fraction of sp³-hybridized carbons (Fsp3) is 0.500. The highest BCUT2D eigenvalue weighted by Crippen LogP contribution is 2.66. The largest absolute Gasteiger partial charge is 0.506 e. The van der Waals surface area contributed by atoms with Gasteiger partial charge in [-0.2, -0.15) is 5.10 Å². The summed E-state index contributed by atoms with van der Waals surface area (Å²) in [5.41, 5.74) is 3.12. The van der Waals surface area contributed by atoms with Crippen molar-refractivity contribution in [2.45, 2.75) is 32.6 Å². The molecule has 0 aliphatic heterocycles. The highest BCUT2D eigenvalue weighted by molar-refractivity contribution is 9.11. The van der Waals surface area contributed by atoms with Gasteiger partial charge in [0, 0.05) is 11.5 Å². The number of nitrogens with one attached hydrogen (secondary N) is 1. The number of phenols is 2. The van der Waals surface area contributed by atoms with Crippen LogP contribution in [0.2, 0.25) is 0 Å². The van der Waals surface area contributed by atoms with Gasteiger partial charge in [0.25, 0.3) is 0 Å². The zero-order chi connectivity index (χ0) is 16.8. The quantitative estimate of drug-likeness (QED) is 0.487. The van der Waals surface area contributed by atoms with Crippen molar-refractivity contribution in [3.05, 3.63) is 20.6 Å². The van der Waals surface area contributed by atoms with Crippen LogP contribution in [0.25, 0.3) is 0 Å². The van der Waals surface area contributed by atoms with Gasteiger partial charge in [0.1, 0.15) is 16.0 Å². The van der Waals surface area contributed by atoms with Crippen LogP contribution in [0.15, 0.2) is 20.1 Å². The molecule has 1 aromatic carbocycles. The van der Waals surface area contributed by atoms with Crippen molar-refractivity contribution in [2.75, 3.05) is 0 Å². The van der Waals surface area contributed by atoms with E-state index in [2.05, 4.69) is 49.3 Å². The van der Waals surface area contributed by atoms with Crippen LogP contribution in [0.3, 0.4) is 0 Å². The lowest BCUT2D eigenvalue weighted by Gasteiger charge is -2.15. The molecule has 3 rings (SSSR count). The van der Waals surface area contributed by atoms with Gasteiger partial charge in [-0.3, -0.25) is 4.79 Å². The van der Waals surface area contributed by atoms with Crippen LogP contribution in [-0.2, 0) is 4.79 Å². The average molecular weight is 446 g/mol. The zero-order valence-corrected chi connectivity index (χ0v) is 15.8. The number of benzene rings is 1. The standard InChI is InChI=1S/C16H18Br2N2O3/c1-16-5-3-2-4-9(16)11(16)15(23)20-19-7-8-6-10(17)14(22)12(18)13(8)21/h6-7,9,11,21-22H,2-5H2,1H3,(H,20,23)/b19-7-/t9-,11-,16-/m0/s1. The smallest absolute Gasteiger partial charge is 0.244 e. The summed E-state index contributed by atoms with van der Waals surface area (Å²) in [6.45, 7) is 2.19. The topological polar surface area (TPSA) is 81.9 Å². The second-order valence-corrected chi connectivity index (χ2v) is 8.18. The number of aromatic hydroxyl groups is 2. The molecular formula is C16H18Br2N2O3. The molecule has 3 atom stereocenters. The van der Waals surface area contributed by atoms with Gasteiger partial charge in [-0.15, -0.1) is 0 Å². The molecule has 2 saturated carbocycles. The van der Waals surface area contributed by atoms with E-state index in [1.165, 1.54) is 25.1 Å². The second kappa shape index (κ2) is 6.09. The van der Waals surface area contributed by atoms with Crippen molar-refractivity contribution < 1.29 is 15.0 Å². The Hall–Kier alpha value is -1.08. The number of nitrogens with zero attached hydrogens (tertiary/aromatic N) is 1. The molecule has 5 nitrogen and oxygen atoms in total. The normalized spacial score (nSPS) is 29.3. The molecule has 0 spiro atoms. The summed E-state index contributed by atoms with van der Waals surface area (Å²) in [7, 11) is 0. The van der Waals surface area contributed by atoms with E-state index >= 15 is 0 Å². The zero-order valence-electron chi connectivity index (χ0n) is 12.6. The van der Waals surface area contributed by atoms with Gasteiger partial charge in [-0.25, -0.2) is 5.43 Å². The van der Waals surface area contributed by atoms with Gasteiger partial charge in [0.05, 0.1) is 10.7 Å². The summed E-state index contributed by atoms with van der Waals surface area (Å²) < 4.78 is 0.607. The molecule has 2 aliphatic rings. The first-order valence-electron chi connectivity index (χ1n) is 7.59. The Kier molecular flexibility index (Phi) is 4.44. The minimum absolute atomic E-state index is 0.0490. The molecule has 0 radical (unpaired) electrons. The van der Waals surface area contributed by atoms with Crippen LogP contribution in [0.4, 0.5) is 0 Å². The van der Waals surface area contributed by atoms with Crippen LogP contribution in [-0.4, -0.2) is 22.3 Å². The molecule has 124 valence electrons. The van der Waals surface area contributed by atoms with Gasteiger partial charge < -0.3 is 10.2 Å². The molecular weight excluding hydrogens is 428 g/mol. The van der Waals surface area contributed by atoms with Crippen molar-refractivity contribution in [1.82, 2.24) is 5.43 Å². The fourth-order valence-electron chi connectivity index (χ4n) is 3.80. The number of rotatable bonds is 3. The molecule has 0 bridgehead atoms. The number of fused-ring (bicyclic) bond motifs is 1. The van der Waals surface area contributed by atoms with E-state index in [1.807, 2.05) is 0 Å². The molecule has 23 heavy (non-hydrogen) atoms. The van der Waals surface area contributed by atoms with Crippen LogP contribution < -0.4 is 5.43 Å². The number of hydrogen-bond donors (Lipinski definition) is 3. The Labute approximate surface area is 151 Å². The summed E-state index contributed by atoms with van der Waals surface area (Å²) >= 11 is 6.30. The number of phenolic OH excluding ortho intramolecular Hbond substituents is 2. The van der Waals surface area contributed by atoms with Gasteiger partial charge in [-0.1, -0.05) is 19.8 Å². The first kappa shape index (κ1) is 16.8. The summed E-state index contributed by atoms with van der Waals surface area (Å²) in [5.74, 6) is 0.271. The molecule has 2 aliphatic carbocycles. The van der Waals surface area contributed by atoms with E-state index in [1.54, 1.807) is 0 Å². The highest BCUT2D eigenvalue weighted by atomic mass is 79.9. The second-order valence-electron chi connectivity index (χ2n) is 6.53. The number of carbonyl (C=O) groups excluding carboxylic acids is 1. The summed E-state index contributed by atoms with van der Waals surface area (Å²) in [6.07, 6.45) is 6.01. The van der Waals surface area contributed by atoms with Crippen molar-refractivity contribution >= 4 is 44.0 Å². The van der Waals surface area contributed by atoms with Gasteiger partial charge in [0.2, 0.25) is 5.91 Å². The molecule has 0 aromatic heterocycles. The monoisotopic (exact) mass is 444 g/mol. The minimum Gasteiger partial charge on any atom is -0.506 e. The van der Waals surface area contributed by atoms with Crippen LogP contribution in [0.5, 0.6) is 11.5 Å². The lowest BCUT2D eigenvalue weighted by Crippen LogP contribution is -2.22. The van der Waals surface area contributed by atoms with Crippen molar-refractivity contribution in [3.8, 4) is 11.5 Å². The molecule has 0 heterocycles. The predicted molar refractivity (Wildman–Crippen MR) is 94.5 cm³/mol. The summed E-state index contributed by atoms with van der Waals surface area (Å²) in [5, 5.41) is 23.6.